The third-order valence-corrected chi connectivity index (χ3v) is 5.46. The third kappa shape index (κ3) is 6.86. The van der Waals surface area contributed by atoms with Crippen molar-refractivity contribution in [2.45, 2.75) is 26.6 Å². The largest absolute Gasteiger partial charge is 0.493 e. The molecule has 4 rings (SSSR count). The zero-order valence-corrected chi connectivity index (χ0v) is 19.4. The molecule has 0 radical (unpaired) electrons. The summed E-state index contributed by atoms with van der Waals surface area (Å²) in [6, 6.07) is 26.6. The summed E-state index contributed by atoms with van der Waals surface area (Å²) >= 11 is 0. The predicted molar refractivity (Wildman–Crippen MR) is 130 cm³/mol. The SMILES string of the molecule is CCC(COc1ccc(OCc2cc(-c3ccc(OCc4ccccc4)cc3)no2)cc1)C(=O)O. The van der Waals surface area contributed by atoms with Gasteiger partial charge in [0.15, 0.2) is 5.76 Å². The predicted octanol–water partition coefficient (Wildman–Crippen LogP) is 5.99. The zero-order valence-electron chi connectivity index (χ0n) is 19.4. The Hall–Kier alpha value is -4.26. The molecule has 0 amide bonds. The van der Waals surface area contributed by atoms with E-state index in [0.29, 0.717) is 36.0 Å². The van der Waals surface area contributed by atoms with E-state index in [1.165, 1.54) is 0 Å². The van der Waals surface area contributed by atoms with Crippen molar-refractivity contribution in [3.8, 4) is 28.5 Å². The van der Waals surface area contributed by atoms with Crippen molar-refractivity contribution in [3.05, 3.63) is 96.3 Å². The van der Waals surface area contributed by atoms with Gasteiger partial charge in [0.25, 0.3) is 0 Å². The molecule has 1 unspecified atom stereocenters. The summed E-state index contributed by atoms with van der Waals surface area (Å²) in [7, 11) is 0. The third-order valence-electron chi connectivity index (χ3n) is 5.46. The molecule has 0 fully saturated rings. The number of rotatable bonds is 12. The fourth-order valence-corrected chi connectivity index (χ4v) is 3.33. The number of aromatic nitrogens is 1. The van der Waals surface area contributed by atoms with Crippen LogP contribution in [0.25, 0.3) is 11.3 Å². The minimum atomic E-state index is -0.855. The molecule has 35 heavy (non-hydrogen) atoms. The highest BCUT2D eigenvalue weighted by Gasteiger charge is 2.15. The quantitative estimate of drug-likeness (QED) is 0.270. The van der Waals surface area contributed by atoms with Crippen molar-refractivity contribution >= 4 is 5.97 Å². The topological polar surface area (TPSA) is 91.0 Å². The Balaban J connectivity index is 1.26. The van der Waals surface area contributed by atoms with Crippen LogP contribution in [0.4, 0.5) is 0 Å². The fraction of sp³-hybridized carbons (Fsp3) is 0.214. The van der Waals surface area contributed by atoms with Crippen LogP contribution >= 0.6 is 0 Å². The number of ether oxygens (including phenoxy) is 3. The van der Waals surface area contributed by atoms with Crippen LogP contribution in [0.1, 0.15) is 24.7 Å². The summed E-state index contributed by atoms with van der Waals surface area (Å²) in [5.41, 5.74) is 2.74. The highest BCUT2D eigenvalue weighted by Crippen LogP contribution is 2.24. The van der Waals surface area contributed by atoms with Crippen LogP contribution in [0.15, 0.2) is 89.5 Å². The molecule has 0 aliphatic rings. The number of carbonyl (C=O) groups is 1. The van der Waals surface area contributed by atoms with Gasteiger partial charge in [-0.05, 0) is 60.5 Å². The maximum absolute atomic E-state index is 11.1. The monoisotopic (exact) mass is 473 g/mol. The molecule has 1 N–H and O–H groups in total. The lowest BCUT2D eigenvalue weighted by Gasteiger charge is -2.12. The van der Waals surface area contributed by atoms with Crippen LogP contribution in [0.5, 0.6) is 17.2 Å². The first-order chi connectivity index (χ1) is 17.1. The van der Waals surface area contributed by atoms with E-state index in [-0.39, 0.29) is 13.2 Å². The van der Waals surface area contributed by atoms with Gasteiger partial charge < -0.3 is 23.8 Å². The van der Waals surface area contributed by atoms with Crippen LogP contribution in [-0.2, 0) is 18.0 Å². The summed E-state index contributed by atoms with van der Waals surface area (Å²) in [5, 5.41) is 13.2. The summed E-state index contributed by atoms with van der Waals surface area (Å²) in [6.07, 6.45) is 0.516. The molecular weight excluding hydrogens is 446 g/mol. The van der Waals surface area contributed by atoms with Crippen molar-refractivity contribution in [1.29, 1.82) is 0 Å². The Morgan fingerprint density at radius 2 is 1.46 bits per heavy atom. The fourth-order valence-electron chi connectivity index (χ4n) is 3.33. The minimum absolute atomic E-state index is 0.132. The number of carboxylic acids is 1. The van der Waals surface area contributed by atoms with Gasteiger partial charge in [-0.3, -0.25) is 4.79 Å². The van der Waals surface area contributed by atoms with Crippen molar-refractivity contribution < 1.29 is 28.6 Å². The van der Waals surface area contributed by atoms with E-state index in [0.717, 1.165) is 16.9 Å². The van der Waals surface area contributed by atoms with Gasteiger partial charge >= 0.3 is 5.97 Å². The van der Waals surface area contributed by atoms with Crippen molar-refractivity contribution in [3.63, 3.8) is 0 Å². The average Bonchev–Trinajstić information content (AvgIpc) is 3.37. The van der Waals surface area contributed by atoms with Crippen molar-refractivity contribution in [2.24, 2.45) is 5.92 Å². The lowest BCUT2D eigenvalue weighted by molar-refractivity contribution is -0.142. The summed E-state index contributed by atoms with van der Waals surface area (Å²) in [5.74, 6) is 1.23. The molecule has 1 aromatic heterocycles. The Morgan fingerprint density at radius 3 is 2.09 bits per heavy atom. The molecule has 3 aromatic carbocycles. The molecule has 0 saturated carbocycles. The Morgan fingerprint density at radius 1 is 0.857 bits per heavy atom. The maximum Gasteiger partial charge on any atom is 0.309 e. The standard InChI is InChI=1S/C28H27NO6/c1-2-21(28(30)31)18-33-24-12-14-25(15-13-24)34-19-26-16-27(29-35-26)22-8-10-23(11-9-22)32-17-20-6-4-3-5-7-20/h3-16,21H,2,17-19H2,1H3,(H,30,31). The Bertz CT molecular complexity index is 1200. The Labute approximate surface area is 203 Å². The van der Waals surface area contributed by atoms with Gasteiger partial charge in [-0.25, -0.2) is 0 Å². The van der Waals surface area contributed by atoms with Gasteiger partial charge in [-0.2, -0.15) is 0 Å². The molecule has 7 nitrogen and oxygen atoms in total. The number of benzene rings is 3. The van der Waals surface area contributed by atoms with Gasteiger partial charge in [-0.1, -0.05) is 42.4 Å². The molecule has 1 atom stereocenters. The van der Waals surface area contributed by atoms with E-state index in [9.17, 15) is 4.79 Å². The first kappa shape index (κ1) is 23.9. The average molecular weight is 474 g/mol. The smallest absolute Gasteiger partial charge is 0.309 e. The second kappa shape index (κ2) is 11.7. The van der Waals surface area contributed by atoms with Gasteiger partial charge in [0.1, 0.15) is 42.8 Å². The summed E-state index contributed by atoms with van der Waals surface area (Å²) in [6.45, 7) is 2.69. The highest BCUT2D eigenvalue weighted by atomic mass is 16.5. The number of aliphatic carboxylic acids is 1. The van der Waals surface area contributed by atoms with E-state index in [1.54, 1.807) is 24.3 Å². The molecule has 4 aromatic rings. The summed E-state index contributed by atoms with van der Waals surface area (Å²) in [4.78, 5) is 11.1. The molecule has 1 heterocycles. The van der Waals surface area contributed by atoms with Crippen LogP contribution in [0.3, 0.4) is 0 Å². The van der Waals surface area contributed by atoms with Crippen LogP contribution in [0.2, 0.25) is 0 Å². The van der Waals surface area contributed by atoms with Gasteiger partial charge in [-0.15, -0.1) is 0 Å². The van der Waals surface area contributed by atoms with Gasteiger partial charge in [0.2, 0.25) is 0 Å². The second-order valence-electron chi connectivity index (χ2n) is 7.99. The van der Waals surface area contributed by atoms with E-state index in [4.69, 9.17) is 23.8 Å². The maximum atomic E-state index is 11.1. The molecule has 7 heteroatoms. The molecule has 180 valence electrons. The molecule has 0 spiro atoms. The molecule has 0 aliphatic carbocycles. The second-order valence-corrected chi connectivity index (χ2v) is 7.99. The van der Waals surface area contributed by atoms with E-state index >= 15 is 0 Å². The minimum Gasteiger partial charge on any atom is -0.493 e. The van der Waals surface area contributed by atoms with Crippen molar-refractivity contribution in [1.82, 2.24) is 5.16 Å². The number of hydrogen-bond acceptors (Lipinski definition) is 6. The van der Waals surface area contributed by atoms with Crippen LogP contribution in [-0.4, -0.2) is 22.8 Å². The van der Waals surface area contributed by atoms with E-state index in [2.05, 4.69) is 5.16 Å². The lowest BCUT2D eigenvalue weighted by atomic mass is 10.1. The normalized spacial score (nSPS) is 11.6. The first-order valence-electron chi connectivity index (χ1n) is 11.4. The van der Waals surface area contributed by atoms with Gasteiger partial charge in [0.05, 0.1) is 5.92 Å². The van der Waals surface area contributed by atoms with E-state index < -0.39 is 11.9 Å². The number of hydrogen-bond donors (Lipinski definition) is 1. The van der Waals surface area contributed by atoms with Crippen LogP contribution in [0, 0.1) is 5.92 Å². The van der Waals surface area contributed by atoms with E-state index in [1.807, 2.05) is 67.6 Å². The molecular formula is C28H27NO6. The number of carboxylic acid groups (broad SMARTS) is 1. The van der Waals surface area contributed by atoms with Crippen LogP contribution < -0.4 is 14.2 Å². The highest BCUT2D eigenvalue weighted by molar-refractivity contribution is 5.70. The zero-order chi connectivity index (χ0) is 24.5. The first-order valence-corrected chi connectivity index (χ1v) is 11.4. The summed E-state index contributed by atoms with van der Waals surface area (Å²) < 4.78 is 22.6. The van der Waals surface area contributed by atoms with Crippen molar-refractivity contribution in [2.75, 3.05) is 6.61 Å². The molecule has 0 bridgehead atoms. The number of nitrogens with zero attached hydrogens (tertiary/aromatic N) is 1. The van der Waals surface area contributed by atoms with Gasteiger partial charge in [0, 0.05) is 11.6 Å². The molecule has 0 saturated heterocycles. The Kier molecular flexibility index (Phi) is 8.01. The molecule has 0 aliphatic heterocycles. The lowest BCUT2D eigenvalue weighted by Crippen LogP contribution is -2.20.